The molecule has 1 amide bonds. The lowest BCUT2D eigenvalue weighted by atomic mass is 9.92. The Kier molecular flexibility index (Phi) is 5.22. The molecule has 3 atom stereocenters. The summed E-state index contributed by atoms with van der Waals surface area (Å²) in [4.78, 5) is 14.3. The van der Waals surface area contributed by atoms with Crippen LogP contribution in [0.15, 0.2) is 30.3 Å². The molecule has 2 unspecified atom stereocenters. The average Bonchev–Trinajstić information content (AvgIpc) is 2.80. The van der Waals surface area contributed by atoms with Crippen LogP contribution in [-0.2, 0) is 4.79 Å². The number of hydrogen-bond donors (Lipinski definition) is 0. The summed E-state index contributed by atoms with van der Waals surface area (Å²) >= 11 is 0. The zero-order chi connectivity index (χ0) is 14.5. The average molecular weight is 273 g/mol. The highest BCUT2D eigenvalue weighted by Gasteiger charge is 2.33. The van der Waals surface area contributed by atoms with E-state index in [2.05, 4.69) is 37.8 Å². The number of rotatable bonds is 6. The van der Waals surface area contributed by atoms with Gasteiger partial charge in [0.2, 0.25) is 5.91 Å². The van der Waals surface area contributed by atoms with Crippen molar-refractivity contribution in [1.82, 2.24) is 4.90 Å². The van der Waals surface area contributed by atoms with Crippen LogP contribution in [0.3, 0.4) is 0 Å². The summed E-state index contributed by atoms with van der Waals surface area (Å²) in [5, 5.41) is 0. The van der Waals surface area contributed by atoms with Crippen molar-refractivity contribution in [2.75, 3.05) is 6.54 Å². The second-order valence-corrected chi connectivity index (χ2v) is 6.33. The molecule has 20 heavy (non-hydrogen) atoms. The van der Waals surface area contributed by atoms with Crippen molar-refractivity contribution < 1.29 is 4.79 Å². The van der Waals surface area contributed by atoms with Crippen molar-refractivity contribution in [2.24, 2.45) is 11.8 Å². The molecule has 1 heterocycles. The molecule has 0 bridgehead atoms. The molecule has 0 spiro atoms. The van der Waals surface area contributed by atoms with E-state index in [0.29, 0.717) is 11.8 Å². The molecular weight excluding hydrogens is 246 g/mol. The fraction of sp³-hybridized carbons (Fsp3) is 0.611. The van der Waals surface area contributed by atoms with E-state index in [9.17, 15) is 4.79 Å². The first-order chi connectivity index (χ1) is 9.61. The fourth-order valence-electron chi connectivity index (χ4n) is 3.43. The van der Waals surface area contributed by atoms with Gasteiger partial charge in [0.15, 0.2) is 0 Å². The lowest BCUT2D eigenvalue weighted by Crippen LogP contribution is -2.28. The van der Waals surface area contributed by atoms with Crippen LogP contribution in [-0.4, -0.2) is 17.4 Å². The van der Waals surface area contributed by atoms with Gasteiger partial charge in [-0.1, -0.05) is 57.0 Å². The number of hydrogen-bond acceptors (Lipinski definition) is 1. The highest BCUT2D eigenvalue weighted by atomic mass is 16.2. The highest BCUT2D eigenvalue weighted by molar-refractivity contribution is 5.79. The third kappa shape index (κ3) is 3.62. The Morgan fingerprint density at radius 2 is 1.95 bits per heavy atom. The summed E-state index contributed by atoms with van der Waals surface area (Å²) in [6, 6.07) is 10.6. The second kappa shape index (κ2) is 6.92. The molecule has 1 fully saturated rings. The Balaban J connectivity index is 1.95. The van der Waals surface area contributed by atoms with Crippen LogP contribution < -0.4 is 0 Å². The molecule has 110 valence electrons. The van der Waals surface area contributed by atoms with Crippen LogP contribution >= 0.6 is 0 Å². The lowest BCUT2D eigenvalue weighted by Gasteiger charge is -2.25. The maximum Gasteiger partial charge on any atom is 0.223 e. The summed E-state index contributed by atoms with van der Waals surface area (Å²) < 4.78 is 0. The van der Waals surface area contributed by atoms with Gasteiger partial charge < -0.3 is 4.90 Å². The first-order valence-corrected chi connectivity index (χ1v) is 7.96. The largest absolute Gasteiger partial charge is 0.336 e. The van der Waals surface area contributed by atoms with E-state index in [1.807, 2.05) is 18.2 Å². The molecule has 0 saturated carbocycles. The van der Waals surface area contributed by atoms with Gasteiger partial charge in [0.05, 0.1) is 6.04 Å². The third-order valence-electron chi connectivity index (χ3n) is 4.51. The maximum absolute atomic E-state index is 12.3. The zero-order valence-corrected chi connectivity index (χ0v) is 13.0. The Bertz CT molecular complexity index is 428. The third-order valence-corrected chi connectivity index (χ3v) is 4.51. The molecule has 2 rings (SSSR count). The van der Waals surface area contributed by atoms with Crippen LogP contribution in [0.1, 0.15) is 58.1 Å². The van der Waals surface area contributed by atoms with Crippen LogP contribution in [0, 0.1) is 11.8 Å². The van der Waals surface area contributed by atoms with E-state index in [1.165, 1.54) is 24.8 Å². The molecule has 1 aliphatic heterocycles. The smallest absolute Gasteiger partial charge is 0.223 e. The normalized spacial score (nSPS) is 22.1. The number of carbonyl (C=O) groups excluding carboxylic acids is 1. The van der Waals surface area contributed by atoms with Crippen LogP contribution in [0.5, 0.6) is 0 Å². The number of amides is 1. The van der Waals surface area contributed by atoms with Gasteiger partial charge in [-0.25, -0.2) is 0 Å². The fourth-order valence-corrected chi connectivity index (χ4v) is 3.43. The van der Waals surface area contributed by atoms with Crippen molar-refractivity contribution in [3.05, 3.63) is 35.9 Å². The Morgan fingerprint density at radius 1 is 1.25 bits per heavy atom. The molecule has 1 aliphatic rings. The Hall–Kier alpha value is -1.31. The van der Waals surface area contributed by atoms with Gasteiger partial charge in [-0.2, -0.15) is 0 Å². The van der Waals surface area contributed by atoms with Gasteiger partial charge in [-0.15, -0.1) is 0 Å². The molecule has 2 nitrogen and oxygen atoms in total. The molecule has 2 heteroatoms. The van der Waals surface area contributed by atoms with Crippen molar-refractivity contribution in [3.8, 4) is 0 Å². The van der Waals surface area contributed by atoms with Crippen molar-refractivity contribution in [3.63, 3.8) is 0 Å². The zero-order valence-electron chi connectivity index (χ0n) is 13.0. The molecule has 1 aromatic carbocycles. The van der Waals surface area contributed by atoms with Crippen LogP contribution in [0.2, 0.25) is 0 Å². The van der Waals surface area contributed by atoms with E-state index in [0.717, 1.165) is 18.9 Å². The predicted molar refractivity (Wildman–Crippen MR) is 83.4 cm³/mol. The van der Waals surface area contributed by atoms with E-state index in [-0.39, 0.29) is 6.04 Å². The monoisotopic (exact) mass is 273 g/mol. The Morgan fingerprint density at radius 3 is 2.60 bits per heavy atom. The van der Waals surface area contributed by atoms with Gasteiger partial charge in [0.1, 0.15) is 0 Å². The van der Waals surface area contributed by atoms with E-state index in [1.54, 1.807) is 0 Å². The number of benzene rings is 1. The van der Waals surface area contributed by atoms with Crippen LogP contribution in [0.4, 0.5) is 0 Å². The summed E-state index contributed by atoms with van der Waals surface area (Å²) in [7, 11) is 0. The molecule has 1 saturated heterocycles. The minimum Gasteiger partial charge on any atom is -0.336 e. The van der Waals surface area contributed by atoms with Gasteiger partial charge in [-0.3, -0.25) is 4.79 Å². The first-order valence-electron chi connectivity index (χ1n) is 7.96. The molecule has 0 N–H and O–H groups in total. The SMILES string of the molecule is CCCC(C)CC1CC(=O)N([C@@H](C)c2ccccc2)C1. The van der Waals surface area contributed by atoms with Crippen LogP contribution in [0.25, 0.3) is 0 Å². The van der Waals surface area contributed by atoms with Crippen molar-refractivity contribution >= 4 is 5.91 Å². The number of likely N-dealkylation sites (tertiary alicyclic amines) is 1. The van der Waals surface area contributed by atoms with Gasteiger partial charge in [0, 0.05) is 13.0 Å². The van der Waals surface area contributed by atoms with E-state index < -0.39 is 0 Å². The maximum atomic E-state index is 12.3. The summed E-state index contributed by atoms with van der Waals surface area (Å²) in [5.41, 5.74) is 1.24. The van der Waals surface area contributed by atoms with Crippen molar-refractivity contribution in [1.29, 1.82) is 0 Å². The summed E-state index contributed by atoms with van der Waals surface area (Å²) in [5.74, 6) is 1.62. The van der Waals surface area contributed by atoms with Gasteiger partial charge >= 0.3 is 0 Å². The minimum absolute atomic E-state index is 0.204. The van der Waals surface area contributed by atoms with Crippen molar-refractivity contribution in [2.45, 2.75) is 52.5 Å². The van der Waals surface area contributed by atoms with E-state index >= 15 is 0 Å². The summed E-state index contributed by atoms with van der Waals surface area (Å²) in [6.45, 7) is 7.63. The Labute approximate surface area is 123 Å². The summed E-state index contributed by atoms with van der Waals surface area (Å²) in [6.07, 6.45) is 4.45. The predicted octanol–water partition coefficient (Wildman–Crippen LogP) is 4.42. The quantitative estimate of drug-likeness (QED) is 0.751. The molecular formula is C18H27NO. The second-order valence-electron chi connectivity index (χ2n) is 6.33. The number of nitrogens with zero attached hydrogens (tertiary/aromatic N) is 1. The molecule has 0 aliphatic carbocycles. The molecule has 0 radical (unpaired) electrons. The first kappa shape index (κ1) is 15.1. The van der Waals surface area contributed by atoms with E-state index in [4.69, 9.17) is 0 Å². The molecule has 1 aromatic rings. The minimum atomic E-state index is 0.204. The standard InChI is InChI=1S/C18H27NO/c1-4-8-14(2)11-16-12-18(20)19(13-16)15(3)17-9-6-5-7-10-17/h5-7,9-10,14-16H,4,8,11-13H2,1-3H3/t14?,15-,16?/m0/s1. The highest BCUT2D eigenvalue weighted by Crippen LogP contribution is 2.32. The lowest BCUT2D eigenvalue weighted by molar-refractivity contribution is -0.129. The number of carbonyl (C=O) groups is 1. The topological polar surface area (TPSA) is 20.3 Å². The molecule has 0 aromatic heterocycles. The van der Waals surface area contributed by atoms with Gasteiger partial charge in [-0.05, 0) is 30.7 Å². The van der Waals surface area contributed by atoms with Gasteiger partial charge in [0.25, 0.3) is 0 Å².